The number of rotatable bonds is 46. The Balaban J connectivity index is 1.58. The van der Waals surface area contributed by atoms with E-state index >= 15 is 0 Å². The smallest absolute Gasteiger partial charge is 0.330 e. The molecule has 0 saturated carbocycles. The number of guanidine groups is 1. The minimum Gasteiger partial charge on any atom is -0.497 e. The lowest BCUT2D eigenvalue weighted by Gasteiger charge is -2.21. The Hall–Kier alpha value is -11.3. The lowest BCUT2D eigenvalue weighted by molar-refractivity contribution is -0.143. The van der Waals surface area contributed by atoms with E-state index in [1.165, 1.54) is 33.5 Å². The van der Waals surface area contributed by atoms with Crippen molar-refractivity contribution in [2.75, 3.05) is 31.7 Å². The number of carboxylic acid groups (broad SMARTS) is 1. The third-order valence-corrected chi connectivity index (χ3v) is 18.1. The number of para-hydroxylation sites is 1. The van der Waals surface area contributed by atoms with Crippen LogP contribution >= 0.6 is 25.3 Å². The van der Waals surface area contributed by atoms with Crippen LogP contribution in [0.15, 0.2) is 127 Å². The van der Waals surface area contributed by atoms with Gasteiger partial charge in [-0.15, -0.1) is 0 Å². The van der Waals surface area contributed by atoms with E-state index in [0.717, 1.165) is 5.56 Å². The van der Waals surface area contributed by atoms with Gasteiger partial charge in [0.15, 0.2) is 17.9 Å². The first-order valence-electron chi connectivity index (χ1n) is 35.5. The molecule has 0 saturated heterocycles. The first-order chi connectivity index (χ1) is 53.0. The molecule has 0 radical (unpaired) electrons. The van der Waals surface area contributed by atoms with Crippen LogP contribution < -0.4 is 16.8 Å². The Morgan fingerprint density at radius 3 is 1.65 bits per heavy atom. The monoisotopic (exact) mass is 1600 g/mol. The number of aromatic nitrogens is 4. The number of hydrogen-bond acceptors (Lipinski definition) is 22. The predicted molar refractivity (Wildman–Crippen MR) is 439 cm³/mol. The number of esters is 1. The Labute approximate surface area is 655 Å². The van der Waals surface area contributed by atoms with Gasteiger partial charge in [0.05, 0.1) is 26.0 Å². The van der Waals surface area contributed by atoms with Crippen molar-refractivity contribution in [2.24, 2.45) is 83.2 Å². The van der Waals surface area contributed by atoms with E-state index in [-0.39, 0.29) is 62.0 Å². The van der Waals surface area contributed by atoms with Gasteiger partial charge < -0.3 is 113 Å². The SMILES string of the molecule is CCC(C)C(N=C(O)C(CS)N=C(O)C(N=C(O)C(Cc1c[nH]c2ccc(C)cc12)N=C(O)C(CCC(=N)O)N=C(O)C(CC(=O)O)N=C(O)C(Cc1c[nH]c2ccccc12)N=C(O)CN=C(O)C(C)N=C(O)C(Cc1cnc[nH]1)N=C(O)C(CCCNC(=N)N)N=C(O)C(CS)N=C(O)C(N)C(C)O)C(C)C)C(=O)OC. The van der Waals surface area contributed by atoms with E-state index < -0.39 is 199 Å². The van der Waals surface area contributed by atoms with Crippen molar-refractivity contribution in [3.63, 3.8) is 0 Å². The van der Waals surface area contributed by atoms with Crippen molar-refractivity contribution < 1.29 is 90.9 Å². The van der Waals surface area contributed by atoms with Crippen LogP contribution in [0.2, 0.25) is 0 Å². The summed E-state index contributed by atoms with van der Waals surface area (Å²) in [4.78, 5) is 88.8. The first kappa shape index (κ1) is 91.3. The molecule has 0 bridgehead atoms. The number of H-pyrrole nitrogens is 3. The highest BCUT2D eigenvalue weighted by Crippen LogP contribution is 2.26. The van der Waals surface area contributed by atoms with Gasteiger partial charge in [0.2, 0.25) is 70.8 Å². The number of aliphatic imine (C=N–C) groups is 12. The number of aromatic amines is 3. The summed E-state index contributed by atoms with van der Waals surface area (Å²) < 4.78 is 4.90. The Morgan fingerprint density at radius 1 is 0.589 bits per heavy atom. The average Bonchev–Trinajstić information content (AvgIpc) is 1.15. The largest absolute Gasteiger partial charge is 0.497 e. The maximum Gasteiger partial charge on any atom is 0.330 e. The zero-order valence-electron chi connectivity index (χ0n) is 63.0. The van der Waals surface area contributed by atoms with E-state index in [0.29, 0.717) is 45.0 Å². The lowest BCUT2D eigenvalue weighted by Crippen LogP contribution is -2.41. The summed E-state index contributed by atoms with van der Waals surface area (Å²) in [5.74, 6) is -15.2. The van der Waals surface area contributed by atoms with Crippen LogP contribution in [0.5, 0.6) is 0 Å². The highest BCUT2D eigenvalue weighted by Gasteiger charge is 2.33. The second kappa shape index (κ2) is 44.5. The van der Waals surface area contributed by atoms with Crippen molar-refractivity contribution >= 4 is 142 Å². The molecule has 0 fully saturated rings. The van der Waals surface area contributed by atoms with Gasteiger partial charge in [-0.2, -0.15) is 25.3 Å². The molecule has 0 aliphatic rings. The molecule has 0 amide bonds. The fourth-order valence-electron chi connectivity index (χ4n) is 10.9. The molecule has 2 aromatic carbocycles. The van der Waals surface area contributed by atoms with E-state index in [1.54, 1.807) is 57.4 Å². The molecule has 39 nitrogen and oxygen atoms in total. The second-order valence-corrected chi connectivity index (χ2v) is 27.3. The summed E-state index contributed by atoms with van der Waals surface area (Å²) in [6.07, 6.45) is 2.29. The van der Waals surface area contributed by atoms with E-state index in [1.807, 2.05) is 32.0 Å². The normalized spacial score (nSPS) is 17.8. The number of nitrogens with zero attached hydrogens (tertiary/aromatic N) is 13. The van der Waals surface area contributed by atoms with Crippen LogP contribution in [0, 0.1) is 29.6 Å². The van der Waals surface area contributed by atoms with Crippen LogP contribution in [0.4, 0.5) is 0 Å². The highest BCUT2D eigenvalue weighted by atomic mass is 32.1. The molecule has 14 atom stereocenters. The minimum absolute atomic E-state index is 0.0825. The van der Waals surface area contributed by atoms with E-state index in [2.05, 4.69) is 110 Å². The van der Waals surface area contributed by atoms with Crippen molar-refractivity contribution in [1.82, 2.24) is 25.3 Å². The maximum atomic E-state index is 12.7. The number of aliphatic hydroxyl groups excluding tert-OH is 14. The maximum absolute atomic E-state index is 12.7. The number of ether oxygens (including phenoxy) is 1. The third kappa shape index (κ3) is 28.2. The lowest BCUT2D eigenvalue weighted by atomic mass is 10.00. The molecule has 3 aromatic heterocycles. The number of aliphatic hydroxyl groups is 14. The zero-order valence-corrected chi connectivity index (χ0v) is 64.8. The number of fused-ring (bicyclic) bond motifs is 2. The van der Waals surface area contributed by atoms with Gasteiger partial charge in [-0.25, -0.2) is 69.7 Å². The minimum atomic E-state index is -2.03. The number of nitrogens with two attached hydrogens (primary N) is 2. The molecule has 3 heterocycles. The number of carbonyl (C=O) groups excluding carboxylic acids is 1. The van der Waals surface area contributed by atoms with E-state index in [4.69, 9.17) is 27.0 Å². The van der Waals surface area contributed by atoms with Crippen molar-refractivity contribution in [3.05, 3.63) is 89.8 Å². The summed E-state index contributed by atoms with van der Waals surface area (Å²) in [6, 6.07) is -5.47. The van der Waals surface area contributed by atoms with Crippen LogP contribution in [0.1, 0.15) is 102 Å². The molecule has 25 N–H and O–H groups in total. The number of carboxylic acids is 1. The van der Waals surface area contributed by atoms with Crippen molar-refractivity contribution in [1.29, 1.82) is 10.8 Å². The fourth-order valence-corrected chi connectivity index (χ4v) is 11.4. The van der Waals surface area contributed by atoms with Gasteiger partial charge in [0.25, 0.3) is 0 Å². The van der Waals surface area contributed by atoms with Gasteiger partial charge in [0, 0.05) is 89.8 Å². The molecular formula is C71H103N21O18S2. The number of aryl methyl sites for hydroxylation is 1. The Morgan fingerprint density at radius 2 is 1.09 bits per heavy atom. The van der Waals surface area contributed by atoms with Gasteiger partial charge in [-0.1, -0.05) is 63.9 Å². The predicted octanol–water partition coefficient (Wildman–Crippen LogP) is 6.76. The molecule has 0 aliphatic heterocycles. The molecule has 14 unspecified atom stereocenters. The number of benzene rings is 2. The Kier molecular flexibility index (Phi) is 36.3. The molecule has 5 aromatic rings. The number of nitrogens with one attached hydrogen (secondary N) is 6. The van der Waals surface area contributed by atoms with Crippen LogP contribution in [-0.4, -0.2) is 301 Å². The summed E-state index contributed by atoms with van der Waals surface area (Å²) >= 11 is 8.50. The zero-order chi connectivity index (χ0) is 83.2. The number of carbonyl (C=O) groups is 2. The highest BCUT2D eigenvalue weighted by molar-refractivity contribution is 7.80. The summed E-state index contributed by atoms with van der Waals surface area (Å²) in [6.45, 7) is 10.5. The van der Waals surface area contributed by atoms with Crippen molar-refractivity contribution in [2.45, 2.75) is 185 Å². The Bertz CT molecular complexity index is 4360. The van der Waals surface area contributed by atoms with Crippen molar-refractivity contribution in [3.8, 4) is 0 Å². The molecule has 41 heteroatoms. The first-order valence-corrected chi connectivity index (χ1v) is 36.8. The topological polar surface area (TPSA) is 667 Å². The fraction of sp³-hybridized carbons (Fsp3) is 0.507. The number of methoxy groups -OCH3 is 1. The summed E-state index contributed by atoms with van der Waals surface area (Å²) in [5.41, 5.74) is 14.8. The second-order valence-electron chi connectivity index (χ2n) is 26.5. The standard InChI is InChI=1S/C71H103N21O18S2/c1-9-35(5)58(70(109)110-8)92-67(106)52(31-112)90-69(108)57(33(2)3)91-65(104)48(23-39-27-79-44-17-16-34(4)21-42(39)44)86-61(100)46(18-19-53(72)94)85-64(103)50(25-55(96)97)88-63(102)47(22-38-26-78-43-14-11-10-13-41(38)43)83-54(95)29-80-59(98)36(6)82-62(101)49(24-40-28-76-32-81-40)87-60(99)45(15-12-20-77-71(74)75)84-66(105)51(30-111)89-68(107)56(73)37(7)93/h10-11,13-14,16-17,21,26-28,32-33,35-37,45-52,56-58,78-79,93,111-112H,9,12,15,18-20,22-25,29-31,73H2,1-8H3,(H2,72,94)(H,76,81)(H,80,98)(H,82,101)(H,83,95)(H,84,105)(H,85,103)(H,86,100)(H,87,99)(H,88,102)(H,89,107)(H,90,108)(H,91,104)(H,92,106)(H,96,97)(H4,74,75,77). The summed E-state index contributed by atoms with van der Waals surface area (Å²) in [5, 5.41) is 188. The van der Waals surface area contributed by atoms with Crippen LogP contribution in [0.3, 0.4) is 0 Å². The molecule has 5 rings (SSSR count). The average molecular weight is 1600 g/mol. The molecule has 112 heavy (non-hydrogen) atoms. The van der Waals surface area contributed by atoms with Gasteiger partial charge in [-0.05, 0) is 81.2 Å². The number of imidazole rings is 1. The third-order valence-electron chi connectivity index (χ3n) is 17.4. The van der Waals surface area contributed by atoms with Crippen LogP contribution in [-0.2, 0) is 33.6 Å². The number of aliphatic carboxylic acids is 1. The molecule has 0 aliphatic carbocycles. The van der Waals surface area contributed by atoms with Gasteiger partial charge >= 0.3 is 11.9 Å². The van der Waals surface area contributed by atoms with E-state index in [9.17, 15) is 86.2 Å². The molecule has 0 spiro atoms. The molecule has 612 valence electrons. The van der Waals surface area contributed by atoms with Gasteiger partial charge in [0.1, 0.15) is 73.0 Å². The van der Waals surface area contributed by atoms with Crippen LogP contribution in [0.25, 0.3) is 21.8 Å². The molecular weight excluding hydrogens is 1500 g/mol. The number of thiol groups is 2. The van der Waals surface area contributed by atoms with Gasteiger partial charge in [-0.3, -0.25) is 15.6 Å². The summed E-state index contributed by atoms with van der Waals surface area (Å²) in [7, 11) is 1.17. The number of hydrogen-bond donors (Lipinski definition) is 25. The quantitative estimate of drug-likeness (QED) is 0.00629.